The van der Waals surface area contributed by atoms with Crippen molar-refractivity contribution in [3.63, 3.8) is 0 Å². The quantitative estimate of drug-likeness (QED) is 0.362. The minimum atomic E-state index is -1.10. The summed E-state index contributed by atoms with van der Waals surface area (Å²) in [6.45, 7) is 1.90. The molecule has 0 spiro atoms. The zero-order valence-corrected chi connectivity index (χ0v) is 25.1. The van der Waals surface area contributed by atoms with Gasteiger partial charge in [0.25, 0.3) is 0 Å². The fraction of sp³-hybridized carbons (Fsp3) is 1.00. The molecule has 0 aromatic carbocycles. The van der Waals surface area contributed by atoms with Crippen LogP contribution in [0.1, 0.15) is 212 Å². The van der Waals surface area contributed by atoms with Crippen molar-refractivity contribution in [3.8, 4) is 0 Å². The molecule has 0 saturated heterocycles. The van der Waals surface area contributed by atoms with E-state index in [1.807, 2.05) is 6.92 Å². The summed E-state index contributed by atoms with van der Waals surface area (Å²) >= 11 is 0. The lowest BCUT2D eigenvalue weighted by atomic mass is 10.0. The Labute approximate surface area is 228 Å². The number of aliphatic hydroxyl groups excluding tert-OH is 1. The number of aliphatic hydroxyl groups is 2. The first kappa shape index (κ1) is 35.9. The van der Waals surface area contributed by atoms with Gasteiger partial charge in [0, 0.05) is 0 Å². The predicted molar refractivity (Wildman–Crippen MR) is 162 cm³/mol. The SMILES string of the molecule is C1CCCCCCCCC1.C1CCCCCCCCC1.C1CCCCCCCCC1.CCCC(O)O. The topological polar surface area (TPSA) is 40.5 Å². The molecule has 0 atom stereocenters. The van der Waals surface area contributed by atoms with Crippen LogP contribution in [0.3, 0.4) is 0 Å². The van der Waals surface area contributed by atoms with Crippen LogP contribution in [0.15, 0.2) is 0 Å². The second-order valence-corrected chi connectivity index (χ2v) is 11.9. The minimum Gasteiger partial charge on any atom is -0.368 e. The van der Waals surface area contributed by atoms with Crippen LogP contribution in [0.25, 0.3) is 0 Å². The average Bonchev–Trinajstić information content (AvgIpc) is 2.91. The van der Waals surface area contributed by atoms with Gasteiger partial charge in [-0.2, -0.15) is 0 Å². The van der Waals surface area contributed by atoms with Crippen LogP contribution in [0.2, 0.25) is 0 Å². The maximum atomic E-state index is 8.11. The van der Waals surface area contributed by atoms with Gasteiger partial charge in [-0.25, -0.2) is 0 Å². The van der Waals surface area contributed by atoms with Crippen molar-refractivity contribution in [1.29, 1.82) is 0 Å². The van der Waals surface area contributed by atoms with Crippen LogP contribution < -0.4 is 0 Å². The molecule has 0 heterocycles. The number of hydrogen-bond acceptors (Lipinski definition) is 2. The fourth-order valence-corrected chi connectivity index (χ4v) is 5.56. The fourth-order valence-electron chi connectivity index (χ4n) is 5.56. The Morgan fingerprint density at radius 1 is 0.306 bits per heavy atom. The first-order chi connectivity index (χ1) is 17.8. The van der Waals surface area contributed by atoms with Crippen LogP contribution in [-0.4, -0.2) is 16.5 Å². The van der Waals surface area contributed by atoms with Crippen LogP contribution in [0.5, 0.6) is 0 Å². The zero-order chi connectivity index (χ0) is 26.2. The molecule has 0 aromatic rings. The molecule has 3 aliphatic carbocycles. The van der Waals surface area contributed by atoms with Gasteiger partial charge in [0.2, 0.25) is 0 Å². The van der Waals surface area contributed by atoms with Gasteiger partial charge in [0.1, 0.15) is 0 Å². The Hall–Kier alpha value is -0.0800. The van der Waals surface area contributed by atoms with E-state index in [0.717, 1.165) is 6.42 Å². The highest BCUT2D eigenvalue weighted by atomic mass is 16.5. The van der Waals surface area contributed by atoms with Crippen LogP contribution >= 0.6 is 0 Å². The van der Waals surface area contributed by atoms with Gasteiger partial charge in [-0.3, -0.25) is 0 Å². The molecule has 2 nitrogen and oxygen atoms in total. The molecule has 2 heteroatoms. The van der Waals surface area contributed by atoms with Gasteiger partial charge in [-0.15, -0.1) is 0 Å². The summed E-state index contributed by atoms with van der Waals surface area (Å²) < 4.78 is 0. The molecule has 3 rings (SSSR count). The van der Waals surface area contributed by atoms with Gasteiger partial charge < -0.3 is 10.2 Å². The maximum Gasteiger partial charge on any atom is 0.151 e. The lowest BCUT2D eigenvalue weighted by molar-refractivity contribution is -0.0453. The Morgan fingerprint density at radius 2 is 0.417 bits per heavy atom. The molecule has 0 bridgehead atoms. The molecule has 0 aromatic heterocycles. The van der Waals surface area contributed by atoms with Gasteiger partial charge in [-0.05, 0) is 6.42 Å². The Bertz CT molecular complexity index is 221. The van der Waals surface area contributed by atoms with E-state index in [1.54, 1.807) is 0 Å². The molecular formula is C34H70O2. The van der Waals surface area contributed by atoms with E-state index in [-0.39, 0.29) is 0 Å². The lowest BCUT2D eigenvalue weighted by Gasteiger charge is -2.05. The zero-order valence-electron chi connectivity index (χ0n) is 25.1. The molecule has 2 N–H and O–H groups in total. The van der Waals surface area contributed by atoms with Gasteiger partial charge in [0.15, 0.2) is 6.29 Å². The third-order valence-electron chi connectivity index (χ3n) is 8.05. The van der Waals surface area contributed by atoms with Crippen LogP contribution in [-0.2, 0) is 0 Å². The molecule has 0 amide bonds. The summed E-state index contributed by atoms with van der Waals surface area (Å²) in [6.07, 6.45) is 45.2. The maximum absolute atomic E-state index is 8.11. The van der Waals surface area contributed by atoms with Crippen molar-refractivity contribution in [2.75, 3.05) is 0 Å². The van der Waals surface area contributed by atoms with E-state index in [2.05, 4.69) is 0 Å². The molecule has 3 fully saturated rings. The largest absolute Gasteiger partial charge is 0.368 e. The van der Waals surface area contributed by atoms with Crippen molar-refractivity contribution in [2.45, 2.75) is 219 Å². The summed E-state index contributed by atoms with van der Waals surface area (Å²) in [4.78, 5) is 0. The minimum absolute atomic E-state index is 0.486. The van der Waals surface area contributed by atoms with E-state index in [4.69, 9.17) is 10.2 Å². The van der Waals surface area contributed by atoms with Crippen molar-refractivity contribution in [1.82, 2.24) is 0 Å². The molecule has 0 radical (unpaired) electrons. The monoisotopic (exact) mass is 511 g/mol. The third-order valence-corrected chi connectivity index (χ3v) is 8.05. The molecular weight excluding hydrogens is 440 g/mol. The van der Waals surface area contributed by atoms with Crippen LogP contribution in [0, 0.1) is 0 Å². The highest BCUT2D eigenvalue weighted by Crippen LogP contribution is 2.17. The number of hydrogen-bond donors (Lipinski definition) is 2. The van der Waals surface area contributed by atoms with Gasteiger partial charge in [-0.1, -0.05) is 206 Å². The molecule has 218 valence electrons. The Balaban J connectivity index is 0.000000462. The van der Waals surface area contributed by atoms with Crippen molar-refractivity contribution in [3.05, 3.63) is 0 Å². The molecule has 0 unspecified atom stereocenters. The second kappa shape index (κ2) is 32.9. The second-order valence-electron chi connectivity index (χ2n) is 11.9. The van der Waals surface area contributed by atoms with Crippen LogP contribution in [0.4, 0.5) is 0 Å². The molecule has 36 heavy (non-hydrogen) atoms. The van der Waals surface area contributed by atoms with Crippen molar-refractivity contribution in [2.24, 2.45) is 0 Å². The third kappa shape index (κ3) is 33.9. The summed E-state index contributed by atoms with van der Waals surface area (Å²) in [7, 11) is 0. The lowest BCUT2D eigenvalue weighted by Crippen LogP contribution is -2.01. The standard InChI is InChI=1S/3C10H20.C4H10O2/c3*1-2-4-6-8-10-9-7-5-3-1;1-2-3-4(5)6/h3*1-10H2;4-6H,2-3H2,1H3. The molecule has 3 saturated carbocycles. The van der Waals surface area contributed by atoms with E-state index < -0.39 is 6.29 Å². The van der Waals surface area contributed by atoms with Gasteiger partial charge >= 0.3 is 0 Å². The first-order valence-corrected chi connectivity index (χ1v) is 17.1. The van der Waals surface area contributed by atoms with Gasteiger partial charge in [0.05, 0.1) is 0 Å². The molecule has 0 aliphatic heterocycles. The normalized spacial score (nSPS) is 21.7. The van der Waals surface area contributed by atoms with E-state index >= 15 is 0 Å². The average molecular weight is 511 g/mol. The van der Waals surface area contributed by atoms with Crippen molar-refractivity contribution < 1.29 is 10.2 Å². The first-order valence-electron chi connectivity index (χ1n) is 17.1. The smallest absolute Gasteiger partial charge is 0.151 e. The van der Waals surface area contributed by atoms with E-state index in [9.17, 15) is 0 Å². The Morgan fingerprint density at radius 3 is 0.444 bits per heavy atom. The summed E-state index contributed by atoms with van der Waals surface area (Å²) in [5, 5.41) is 16.2. The Kier molecular flexibility index (Phi) is 32.9. The summed E-state index contributed by atoms with van der Waals surface area (Å²) in [6, 6.07) is 0. The van der Waals surface area contributed by atoms with Crippen molar-refractivity contribution >= 4 is 0 Å². The predicted octanol–water partition coefficient (Wildman–Crippen LogP) is 11.8. The molecule has 3 aliphatic rings. The highest BCUT2D eigenvalue weighted by Gasteiger charge is 1.98. The van der Waals surface area contributed by atoms with E-state index in [0.29, 0.717) is 6.42 Å². The van der Waals surface area contributed by atoms with E-state index in [1.165, 1.54) is 193 Å². The number of rotatable bonds is 2. The highest BCUT2D eigenvalue weighted by molar-refractivity contribution is 4.53. The summed E-state index contributed by atoms with van der Waals surface area (Å²) in [5.41, 5.74) is 0. The summed E-state index contributed by atoms with van der Waals surface area (Å²) in [5.74, 6) is 0.